The lowest BCUT2D eigenvalue weighted by molar-refractivity contribution is -0.399. The fourth-order valence-electron chi connectivity index (χ4n) is 0.732. The van der Waals surface area contributed by atoms with Crippen molar-refractivity contribution in [2.24, 2.45) is 0 Å². The van der Waals surface area contributed by atoms with Crippen molar-refractivity contribution >= 4 is 0 Å². The maximum Gasteiger partial charge on any atom is 0.425 e. The van der Waals surface area contributed by atoms with Crippen LogP contribution in [0.25, 0.3) is 0 Å². The van der Waals surface area contributed by atoms with Gasteiger partial charge in [0, 0.05) is 0 Å². The van der Waals surface area contributed by atoms with Crippen LogP contribution >= 0.6 is 0 Å². The number of alkyl halides is 7. The highest BCUT2D eigenvalue weighted by Gasteiger charge is 2.73. The number of ether oxygens (including phenoxy) is 1. The van der Waals surface area contributed by atoms with E-state index in [0.29, 0.717) is 6.42 Å². The zero-order valence-electron chi connectivity index (χ0n) is 8.38. The summed E-state index contributed by atoms with van der Waals surface area (Å²) in [5.74, 6) is -11.3. The monoisotopic (exact) mass is 256 g/mol. The summed E-state index contributed by atoms with van der Waals surface area (Å²) in [7, 11) is 0. The first-order chi connectivity index (χ1) is 7.12. The molecule has 0 amide bonds. The Balaban J connectivity index is 4.70. The Morgan fingerprint density at radius 1 is 1.00 bits per heavy atom. The van der Waals surface area contributed by atoms with Crippen LogP contribution in [-0.4, -0.2) is 31.2 Å². The van der Waals surface area contributed by atoms with Crippen LogP contribution in [-0.2, 0) is 4.74 Å². The van der Waals surface area contributed by atoms with Gasteiger partial charge in [-0.05, 0) is 6.42 Å². The van der Waals surface area contributed by atoms with Crippen LogP contribution in [0.15, 0.2) is 0 Å². The van der Waals surface area contributed by atoms with Gasteiger partial charge in [-0.15, -0.1) is 0 Å². The predicted molar refractivity (Wildman–Crippen MR) is 41.7 cm³/mol. The van der Waals surface area contributed by atoms with Crippen molar-refractivity contribution in [2.75, 3.05) is 13.3 Å². The van der Waals surface area contributed by atoms with Gasteiger partial charge in [-0.3, -0.25) is 0 Å². The molecule has 8 heteroatoms. The number of unbranched alkanes of at least 4 members (excludes halogenated alkanes) is 1. The van der Waals surface area contributed by atoms with E-state index in [2.05, 4.69) is 4.74 Å². The van der Waals surface area contributed by atoms with E-state index in [1.165, 1.54) is 0 Å². The molecule has 0 bridgehead atoms. The van der Waals surface area contributed by atoms with E-state index in [0.717, 1.165) is 0 Å². The Labute approximate surface area is 87.6 Å². The number of rotatable bonds is 7. The fraction of sp³-hybridized carbons (Fsp3) is 1.00. The summed E-state index contributed by atoms with van der Waals surface area (Å²) in [6.07, 6.45) is -5.02. The molecule has 16 heavy (non-hydrogen) atoms. The average Bonchev–Trinajstić information content (AvgIpc) is 2.17. The molecule has 0 aliphatic carbocycles. The Kier molecular flexibility index (Phi) is 5.03. The molecule has 0 aliphatic heterocycles. The maximum atomic E-state index is 12.6. The van der Waals surface area contributed by atoms with Gasteiger partial charge in [-0.1, -0.05) is 13.3 Å². The van der Waals surface area contributed by atoms with Crippen molar-refractivity contribution in [3.05, 3.63) is 0 Å². The SMILES string of the molecule is CCCCOC(F)(F)C(F)(F)C(F)(F)CF. The van der Waals surface area contributed by atoms with Crippen molar-refractivity contribution in [1.82, 2.24) is 0 Å². The van der Waals surface area contributed by atoms with Crippen LogP contribution in [0, 0.1) is 0 Å². The van der Waals surface area contributed by atoms with E-state index in [-0.39, 0.29) is 6.42 Å². The van der Waals surface area contributed by atoms with Gasteiger partial charge in [0.05, 0.1) is 6.61 Å². The van der Waals surface area contributed by atoms with Crippen molar-refractivity contribution in [2.45, 2.75) is 37.7 Å². The molecule has 0 rings (SSSR count). The Morgan fingerprint density at radius 2 is 1.50 bits per heavy atom. The molecule has 98 valence electrons. The summed E-state index contributed by atoms with van der Waals surface area (Å²) in [6, 6.07) is 0. The first-order valence-corrected chi connectivity index (χ1v) is 4.45. The molecule has 0 spiro atoms. The lowest BCUT2D eigenvalue weighted by Crippen LogP contribution is -2.56. The summed E-state index contributed by atoms with van der Waals surface area (Å²) in [4.78, 5) is 0. The Hall–Kier alpha value is -0.530. The quantitative estimate of drug-likeness (QED) is 0.499. The third-order valence-corrected chi connectivity index (χ3v) is 1.77. The molecular weight excluding hydrogens is 245 g/mol. The average molecular weight is 256 g/mol. The molecule has 0 heterocycles. The van der Waals surface area contributed by atoms with Crippen LogP contribution < -0.4 is 0 Å². The number of halogens is 7. The van der Waals surface area contributed by atoms with E-state index >= 15 is 0 Å². The predicted octanol–water partition coefficient (Wildman–Crippen LogP) is 3.64. The topological polar surface area (TPSA) is 9.23 Å². The number of hydrogen-bond donors (Lipinski definition) is 0. The molecule has 0 radical (unpaired) electrons. The minimum absolute atomic E-state index is 0.00681. The highest BCUT2D eigenvalue weighted by atomic mass is 19.4. The van der Waals surface area contributed by atoms with Gasteiger partial charge < -0.3 is 4.74 Å². The summed E-state index contributed by atoms with van der Waals surface area (Å²) in [6.45, 7) is -2.12. The van der Waals surface area contributed by atoms with Crippen molar-refractivity contribution in [3.8, 4) is 0 Å². The zero-order chi connectivity index (χ0) is 13.0. The van der Waals surface area contributed by atoms with E-state index in [9.17, 15) is 30.7 Å². The van der Waals surface area contributed by atoms with Crippen LogP contribution in [0.5, 0.6) is 0 Å². The van der Waals surface area contributed by atoms with Gasteiger partial charge in [0.15, 0.2) is 6.67 Å². The third-order valence-electron chi connectivity index (χ3n) is 1.77. The number of hydrogen-bond acceptors (Lipinski definition) is 1. The largest absolute Gasteiger partial charge is 0.425 e. The van der Waals surface area contributed by atoms with E-state index in [1.807, 2.05) is 0 Å². The van der Waals surface area contributed by atoms with Gasteiger partial charge in [-0.25, -0.2) is 4.39 Å². The van der Waals surface area contributed by atoms with Crippen LogP contribution in [0.4, 0.5) is 30.7 Å². The lowest BCUT2D eigenvalue weighted by Gasteiger charge is -2.30. The van der Waals surface area contributed by atoms with Gasteiger partial charge >= 0.3 is 18.0 Å². The van der Waals surface area contributed by atoms with Crippen molar-refractivity contribution in [1.29, 1.82) is 0 Å². The molecular formula is C8H11F7O. The van der Waals surface area contributed by atoms with E-state index in [4.69, 9.17) is 0 Å². The first kappa shape index (κ1) is 15.5. The van der Waals surface area contributed by atoms with Gasteiger partial charge in [0.1, 0.15) is 0 Å². The lowest BCUT2D eigenvalue weighted by atomic mass is 10.1. The second-order valence-electron chi connectivity index (χ2n) is 3.13. The molecule has 0 aromatic heterocycles. The van der Waals surface area contributed by atoms with Crippen LogP contribution in [0.1, 0.15) is 19.8 Å². The summed E-state index contributed by atoms with van der Waals surface area (Å²) >= 11 is 0. The van der Waals surface area contributed by atoms with Crippen LogP contribution in [0.3, 0.4) is 0 Å². The summed E-state index contributed by atoms with van der Waals surface area (Å²) in [5.41, 5.74) is 0. The summed E-state index contributed by atoms with van der Waals surface area (Å²) in [5, 5.41) is 0. The Bertz CT molecular complexity index is 216. The molecule has 0 saturated heterocycles. The molecule has 0 unspecified atom stereocenters. The van der Waals surface area contributed by atoms with Gasteiger partial charge in [-0.2, -0.15) is 26.3 Å². The third kappa shape index (κ3) is 2.99. The normalized spacial score (nSPS) is 14.2. The minimum Gasteiger partial charge on any atom is -0.316 e. The molecule has 0 atom stereocenters. The molecule has 0 fully saturated rings. The smallest absolute Gasteiger partial charge is 0.316 e. The highest BCUT2D eigenvalue weighted by Crippen LogP contribution is 2.46. The molecule has 0 aromatic carbocycles. The molecule has 0 N–H and O–H groups in total. The fourth-order valence-corrected chi connectivity index (χ4v) is 0.732. The zero-order valence-corrected chi connectivity index (χ0v) is 8.38. The second kappa shape index (κ2) is 5.20. The van der Waals surface area contributed by atoms with Gasteiger partial charge in [0.2, 0.25) is 0 Å². The second-order valence-corrected chi connectivity index (χ2v) is 3.13. The van der Waals surface area contributed by atoms with E-state index in [1.54, 1.807) is 6.92 Å². The molecule has 0 saturated carbocycles. The molecule has 1 nitrogen and oxygen atoms in total. The standard InChI is InChI=1S/C8H11F7O/c1-2-3-4-16-8(14,15)7(12,13)6(10,11)5-9/h2-5H2,1H3. The maximum absolute atomic E-state index is 12.6. The van der Waals surface area contributed by atoms with E-state index < -0.39 is 31.2 Å². The minimum atomic E-state index is -5.87. The highest BCUT2D eigenvalue weighted by molar-refractivity contribution is 4.91. The summed E-state index contributed by atoms with van der Waals surface area (Å²) < 4.78 is 89.7. The Morgan fingerprint density at radius 3 is 1.88 bits per heavy atom. The molecule has 0 aliphatic rings. The van der Waals surface area contributed by atoms with Crippen molar-refractivity contribution < 1.29 is 35.5 Å². The van der Waals surface area contributed by atoms with Gasteiger partial charge in [0.25, 0.3) is 0 Å². The van der Waals surface area contributed by atoms with Crippen molar-refractivity contribution in [3.63, 3.8) is 0 Å². The van der Waals surface area contributed by atoms with Crippen LogP contribution in [0.2, 0.25) is 0 Å². The first-order valence-electron chi connectivity index (χ1n) is 4.45. The molecule has 0 aromatic rings.